The van der Waals surface area contributed by atoms with E-state index in [1.807, 2.05) is 0 Å². The van der Waals surface area contributed by atoms with Crippen LogP contribution in [-0.2, 0) is 14.3 Å². The van der Waals surface area contributed by atoms with Crippen molar-refractivity contribution < 1.29 is 39.9 Å². The van der Waals surface area contributed by atoms with Crippen LogP contribution in [0.2, 0.25) is 0 Å². The molecule has 0 aromatic carbocycles. The zero-order valence-electron chi connectivity index (χ0n) is 9.82. The van der Waals surface area contributed by atoms with Gasteiger partial charge in [-0.3, -0.25) is 10.0 Å². The number of hydroxylamine groups is 2. The number of nitrogens with zero attached hydrogens (tertiary/aromatic N) is 1. The molecule has 0 radical (unpaired) electrons. The molecule has 0 aliphatic carbocycles. The highest BCUT2D eigenvalue weighted by molar-refractivity contribution is 5.69. The van der Waals surface area contributed by atoms with E-state index in [0.717, 1.165) is 0 Å². The van der Waals surface area contributed by atoms with Crippen LogP contribution in [0.1, 0.15) is 6.42 Å². The first-order chi connectivity index (χ1) is 8.82. The van der Waals surface area contributed by atoms with Gasteiger partial charge in [0.15, 0.2) is 6.29 Å². The van der Waals surface area contributed by atoms with E-state index in [9.17, 15) is 30.4 Å². The highest BCUT2D eigenvalue weighted by Crippen LogP contribution is 2.20. The molecule has 5 unspecified atom stereocenters. The normalized spacial score (nSPS) is 35.4. The lowest BCUT2D eigenvalue weighted by molar-refractivity contribution is -0.287. The minimum atomic E-state index is -1.71. The van der Waals surface area contributed by atoms with E-state index in [0.29, 0.717) is 0 Å². The first kappa shape index (κ1) is 16.2. The Bertz CT molecular complexity index is 299. The molecular weight excluding hydrogens is 266 g/mol. The van der Waals surface area contributed by atoms with Crippen LogP contribution >= 0.6 is 0 Å². The smallest absolute Gasteiger partial charge is 0.307 e. The molecule has 1 rings (SSSR count). The fourth-order valence-corrected chi connectivity index (χ4v) is 1.50. The fourth-order valence-electron chi connectivity index (χ4n) is 1.50. The van der Waals surface area contributed by atoms with Crippen molar-refractivity contribution >= 4 is 5.97 Å². The predicted molar refractivity (Wildman–Crippen MR) is 56.3 cm³/mol. The van der Waals surface area contributed by atoms with E-state index < -0.39 is 55.1 Å². The van der Waals surface area contributed by atoms with Crippen LogP contribution in [0, 0.1) is 5.21 Å². The molecule has 19 heavy (non-hydrogen) atoms. The number of aliphatic hydroxyl groups is 4. The number of aliphatic hydroxyl groups excluding tert-OH is 4. The summed E-state index contributed by atoms with van der Waals surface area (Å²) in [7, 11) is 0. The second-order valence-corrected chi connectivity index (χ2v) is 4.05. The molecule has 10 nitrogen and oxygen atoms in total. The molecule has 0 bridgehead atoms. The lowest BCUT2D eigenvalue weighted by atomic mass is 9.99. The Morgan fingerprint density at radius 3 is 2.42 bits per heavy atom. The van der Waals surface area contributed by atoms with E-state index in [-0.39, 0.29) is 6.42 Å². The summed E-state index contributed by atoms with van der Waals surface area (Å²) in [6, 6.07) is 0. The van der Waals surface area contributed by atoms with Gasteiger partial charge < -0.3 is 40.3 Å². The third-order valence-corrected chi connectivity index (χ3v) is 2.60. The minimum Gasteiger partial charge on any atom is -0.762 e. The number of hydrogen-bond donors (Lipinski definition) is 5. The van der Waals surface area contributed by atoms with E-state index in [1.165, 1.54) is 0 Å². The Balaban J connectivity index is 2.38. The van der Waals surface area contributed by atoms with Crippen molar-refractivity contribution in [3.8, 4) is 0 Å². The summed E-state index contributed by atoms with van der Waals surface area (Å²) in [6.07, 6.45) is -8.14. The third-order valence-electron chi connectivity index (χ3n) is 2.60. The molecule has 1 saturated heterocycles. The van der Waals surface area contributed by atoms with E-state index in [2.05, 4.69) is 4.74 Å². The fraction of sp³-hybridized carbons (Fsp3) is 0.889. The first-order valence-electron chi connectivity index (χ1n) is 5.50. The molecule has 1 aliphatic heterocycles. The molecule has 0 spiro atoms. The summed E-state index contributed by atoms with van der Waals surface area (Å²) in [5.74, 6) is -0.833. The molecule has 5 atom stereocenters. The SMILES string of the molecule is O=C(CCN([O-])O)OCC1OC(O)C(O)C(O)C1O. The summed E-state index contributed by atoms with van der Waals surface area (Å²) >= 11 is 0. The van der Waals surface area contributed by atoms with Gasteiger partial charge in [-0.15, -0.1) is 0 Å². The van der Waals surface area contributed by atoms with Crippen LogP contribution in [0.4, 0.5) is 0 Å². The zero-order valence-corrected chi connectivity index (χ0v) is 9.82. The molecule has 1 heterocycles. The summed E-state index contributed by atoms with van der Waals surface area (Å²) in [5, 5.41) is 55.3. The summed E-state index contributed by atoms with van der Waals surface area (Å²) in [6.45, 7) is -0.956. The summed E-state index contributed by atoms with van der Waals surface area (Å²) in [5.41, 5.74) is 0. The van der Waals surface area contributed by atoms with Crippen LogP contribution in [0.3, 0.4) is 0 Å². The second kappa shape index (κ2) is 7.07. The van der Waals surface area contributed by atoms with Gasteiger partial charge in [0.1, 0.15) is 31.0 Å². The maximum absolute atomic E-state index is 11.1. The standard InChI is InChI=1S/C9H16NO9/c11-5(1-2-10(16)17)18-3-4-6(12)7(13)8(14)9(15)19-4/h4,6-9,12-16H,1-3H2/q-1. The first-order valence-corrected chi connectivity index (χ1v) is 5.50. The largest absolute Gasteiger partial charge is 0.762 e. The number of carbonyl (C=O) groups is 1. The van der Waals surface area contributed by atoms with Crippen LogP contribution in [-0.4, -0.2) is 80.7 Å². The van der Waals surface area contributed by atoms with E-state index >= 15 is 0 Å². The molecule has 0 saturated carbocycles. The van der Waals surface area contributed by atoms with Crippen molar-refractivity contribution in [2.24, 2.45) is 0 Å². The van der Waals surface area contributed by atoms with Gasteiger partial charge in [0.25, 0.3) is 0 Å². The molecule has 1 aliphatic rings. The van der Waals surface area contributed by atoms with Gasteiger partial charge >= 0.3 is 5.97 Å². The van der Waals surface area contributed by atoms with Crippen molar-refractivity contribution in [2.75, 3.05) is 13.2 Å². The number of ether oxygens (including phenoxy) is 2. The molecule has 112 valence electrons. The number of esters is 1. The molecule has 1 fully saturated rings. The predicted octanol–water partition coefficient (Wildman–Crippen LogP) is -3.09. The van der Waals surface area contributed by atoms with Gasteiger partial charge in [-0.1, -0.05) is 0 Å². The van der Waals surface area contributed by atoms with Crippen molar-refractivity contribution in [1.82, 2.24) is 5.23 Å². The second-order valence-electron chi connectivity index (χ2n) is 4.05. The highest BCUT2D eigenvalue weighted by Gasteiger charge is 2.43. The van der Waals surface area contributed by atoms with Crippen LogP contribution < -0.4 is 0 Å². The van der Waals surface area contributed by atoms with Gasteiger partial charge in [-0.2, -0.15) is 0 Å². The third kappa shape index (κ3) is 4.63. The van der Waals surface area contributed by atoms with E-state index in [4.69, 9.17) is 9.94 Å². The number of carbonyl (C=O) groups excluding carboxylic acids is 1. The quantitative estimate of drug-likeness (QED) is 0.258. The van der Waals surface area contributed by atoms with Crippen molar-refractivity contribution in [3.05, 3.63) is 5.21 Å². The van der Waals surface area contributed by atoms with Gasteiger partial charge in [0.05, 0.1) is 6.42 Å². The topological polar surface area (TPSA) is 163 Å². The van der Waals surface area contributed by atoms with Gasteiger partial charge in [0.2, 0.25) is 0 Å². The van der Waals surface area contributed by atoms with Crippen molar-refractivity contribution in [2.45, 2.75) is 37.1 Å². The van der Waals surface area contributed by atoms with Gasteiger partial charge in [-0.05, 0) is 0 Å². The lowest BCUT2D eigenvalue weighted by Gasteiger charge is -2.37. The Morgan fingerprint density at radius 2 is 1.84 bits per heavy atom. The Hall–Kier alpha value is -0.850. The van der Waals surface area contributed by atoms with Crippen molar-refractivity contribution in [1.29, 1.82) is 0 Å². The average molecular weight is 282 g/mol. The molecule has 0 aromatic heterocycles. The molecule has 0 aromatic rings. The Kier molecular flexibility index (Phi) is 6.03. The van der Waals surface area contributed by atoms with E-state index in [1.54, 1.807) is 0 Å². The minimum absolute atomic E-state index is 0.378. The number of rotatable bonds is 5. The van der Waals surface area contributed by atoms with Crippen molar-refractivity contribution in [3.63, 3.8) is 0 Å². The highest BCUT2D eigenvalue weighted by atomic mass is 16.8. The van der Waals surface area contributed by atoms with Gasteiger partial charge in [0, 0.05) is 6.54 Å². The maximum Gasteiger partial charge on any atom is 0.307 e. The van der Waals surface area contributed by atoms with Gasteiger partial charge in [-0.25, -0.2) is 0 Å². The summed E-state index contributed by atoms with van der Waals surface area (Å²) < 4.78 is 9.38. The zero-order chi connectivity index (χ0) is 14.6. The lowest BCUT2D eigenvalue weighted by Crippen LogP contribution is -2.58. The molecule has 0 amide bonds. The molecule has 10 heteroatoms. The number of hydrogen-bond acceptors (Lipinski definition) is 10. The monoisotopic (exact) mass is 282 g/mol. The molecule has 5 N–H and O–H groups in total. The average Bonchev–Trinajstić information content (AvgIpc) is 2.36. The summed E-state index contributed by atoms with van der Waals surface area (Å²) in [4.78, 5) is 11.1. The van der Waals surface area contributed by atoms with Crippen LogP contribution in [0.25, 0.3) is 0 Å². The Morgan fingerprint density at radius 1 is 1.21 bits per heavy atom. The molecular formula is C9H16NO9-. The van der Waals surface area contributed by atoms with Crippen LogP contribution in [0.5, 0.6) is 0 Å². The van der Waals surface area contributed by atoms with Crippen LogP contribution in [0.15, 0.2) is 0 Å². The maximum atomic E-state index is 11.1. The Labute approximate surface area is 107 Å².